The molecule has 27 heavy (non-hydrogen) atoms. The van der Waals surface area contributed by atoms with Crippen molar-refractivity contribution < 1.29 is 14.3 Å². The molecule has 1 amide bonds. The molecule has 0 spiro atoms. The van der Waals surface area contributed by atoms with Crippen LogP contribution in [0.25, 0.3) is 10.1 Å². The Kier molecular flexibility index (Phi) is 6.65. The van der Waals surface area contributed by atoms with E-state index in [0.29, 0.717) is 10.6 Å². The molecular weight excluding hydrogens is 400 g/mol. The number of amides is 1. The topological polar surface area (TPSA) is 67.4 Å². The fourth-order valence-corrected chi connectivity index (χ4v) is 4.73. The van der Waals surface area contributed by atoms with Crippen molar-refractivity contribution in [3.63, 3.8) is 0 Å². The van der Waals surface area contributed by atoms with Crippen molar-refractivity contribution >= 4 is 67.4 Å². The molecule has 2 heterocycles. The molecule has 5 nitrogen and oxygen atoms in total. The lowest BCUT2D eigenvalue weighted by Crippen LogP contribution is -2.33. The molecule has 3 rings (SSSR count). The van der Waals surface area contributed by atoms with Crippen LogP contribution in [0, 0.1) is 0 Å². The van der Waals surface area contributed by atoms with E-state index in [1.54, 1.807) is 18.7 Å². The van der Waals surface area contributed by atoms with Crippen LogP contribution in [-0.4, -0.2) is 28.8 Å². The number of fused-ring (bicyclic) bond motifs is 1. The Balaban J connectivity index is 1.71. The average Bonchev–Trinajstić information content (AvgIpc) is 3.27. The molecule has 1 aliphatic rings. The predicted octanol–water partition coefficient (Wildman–Crippen LogP) is 4.47. The SMILES string of the molecule is CCOC(=O)c1c(NC(=S)NC(=O)/C=C/C2CC=CS2)sc2ccccc12. The smallest absolute Gasteiger partial charge is 0.341 e. The molecule has 1 aromatic carbocycles. The third-order valence-corrected chi connectivity index (χ3v) is 6.06. The Labute approximate surface area is 170 Å². The fraction of sp³-hybridized carbons (Fsp3) is 0.211. The quantitative estimate of drug-likeness (QED) is 0.424. The van der Waals surface area contributed by atoms with E-state index in [4.69, 9.17) is 17.0 Å². The van der Waals surface area contributed by atoms with Gasteiger partial charge in [0, 0.05) is 21.4 Å². The molecule has 1 unspecified atom stereocenters. The summed E-state index contributed by atoms with van der Waals surface area (Å²) >= 11 is 8.30. The Morgan fingerprint density at radius 3 is 2.93 bits per heavy atom. The summed E-state index contributed by atoms with van der Waals surface area (Å²) in [5.74, 6) is -0.726. The van der Waals surface area contributed by atoms with E-state index in [1.165, 1.54) is 17.4 Å². The van der Waals surface area contributed by atoms with Gasteiger partial charge in [-0.25, -0.2) is 4.79 Å². The average molecular weight is 419 g/mol. The van der Waals surface area contributed by atoms with Gasteiger partial charge in [-0.15, -0.1) is 23.1 Å². The van der Waals surface area contributed by atoms with Crippen molar-refractivity contribution in [2.45, 2.75) is 18.6 Å². The van der Waals surface area contributed by atoms with Gasteiger partial charge in [-0.3, -0.25) is 10.1 Å². The highest BCUT2D eigenvalue weighted by Gasteiger charge is 2.21. The molecule has 1 atom stereocenters. The number of ether oxygens (including phenoxy) is 1. The number of hydrogen-bond donors (Lipinski definition) is 2. The molecule has 8 heteroatoms. The maximum atomic E-state index is 12.4. The van der Waals surface area contributed by atoms with E-state index in [0.717, 1.165) is 16.5 Å². The van der Waals surface area contributed by atoms with E-state index >= 15 is 0 Å². The second kappa shape index (κ2) is 9.16. The normalized spacial score (nSPS) is 16.0. The van der Waals surface area contributed by atoms with Gasteiger partial charge in [0.25, 0.3) is 0 Å². The largest absolute Gasteiger partial charge is 0.462 e. The van der Waals surface area contributed by atoms with Crippen molar-refractivity contribution in [3.8, 4) is 0 Å². The van der Waals surface area contributed by atoms with Crippen molar-refractivity contribution in [2.75, 3.05) is 11.9 Å². The summed E-state index contributed by atoms with van der Waals surface area (Å²) in [4.78, 5) is 24.4. The first-order chi connectivity index (χ1) is 13.1. The van der Waals surface area contributed by atoms with E-state index in [2.05, 4.69) is 16.7 Å². The zero-order valence-corrected chi connectivity index (χ0v) is 17.0. The number of anilines is 1. The second-order valence-corrected chi connectivity index (χ2v) is 8.22. The van der Waals surface area contributed by atoms with Gasteiger partial charge in [-0.2, -0.15) is 0 Å². The van der Waals surface area contributed by atoms with Gasteiger partial charge in [0.05, 0.1) is 6.61 Å². The van der Waals surface area contributed by atoms with Crippen molar-refractivity contribution in [1.29, 1.82) is 0 Å². The second-order valence-electron chi connectivity index (χ2n) is 5.61. The van der Waals surface area contributed by atoms with E-state index < -0.39 is 5.97 Å². The van der Waals surface area contributed by atoms with E-state index in [-0.39, 0.29) is 22.9 Å². The summed E-state index contributed by atoms with van der Waals surface area (Å²) < 4.78 is 6.10. The van der Waals surface area contributed by atoms with Gasteiger partial charge >= 0.3 is 5.97 Å². The number of thiocarbonyl (C=S) groups is 1. The highest BCUT2D eigenvalue weighted by molar-refractivity contribution is 8.03. The number of hydrogen-bond acceptors (Lipinski definition) is 6. The molecule has 2 N–H and O–H groups in total. The number of nitrogens with one attached hydrogen (secondary N) is 2. The van der Waals surface area contributed by atoms with E-state index in [9.17, 15) is 9.59 Å². The number of carbonyl (C=O) groups excluding carboxylic acids is 2. The summed E-state index contributed by atoms with van der Waals surface area (Å²) in [6.45, 7) is 2.04. The number of esters is 1. The van der Waals surface area contributed by atoms with Crippen LogP contribution in [0.3, 0.4) is 0 Å². The van der Waals surface area contributed by atoms with Gasteiger partial charge < -0.3 is 10.1 Å². The van der Waals surface area contributed by atoms with Crippen LogP contribution in [0.1, 0.15) is 23.7 Å². The Hall–Kier alpha value is -2.16. The van der Waals surface area contributed by atoms with Crippen molar-refractivity contribution in [3.05, 3.63) is 53.5 Å². The number of allylic oxidation sites excluding steroid dienone is 1. The first-order valence-corrected chi connectivity index (χ1v) is 10.5. The van der Waals surface area contributed by atoms with Crippen LogP contribution in [0.4, 0.5) is 5.00 Å². The molecule has 2 aromatic rings. The van der Waals surface area contributed by atoms with Crippen LogP contribution in [0.5, 0.6) is 0 Å². The molecule has 1 aromatic heterocycles. The molecule has 0 saturated heterocycles. The number of carbonyl (C=O) groups is 2. The Morgan fingerprint density at radius 2 is 2.19 bits per heavy atom. The number of benzene rings is 1. The minimum absolute atomic E-state index is 0.138. The van der Waals surface area contributed by atoms with E-state index in [1.807, 2.05) is 35.7 Å². The van der Waals surface area contributed by atoms with Gasteiger partial charge in [-0.05, 0) is 37.0 Å². The van der Waals surface area contributed by atoms with Crippen LogP contribution < -0.4 is 10.6 Å². The standard InChI is InChI=1S/C19H18N2O3S3/c1-2-24-18(23)16-13-7-3-4-8-14(13)27-17(16)21-19(25)20-15(22)10-9-12-6-5-11-26-12/h3-5,7-12H,2,6H2,1H3,(H2,20,21,22,25)/b10-9+. The third-order valence-electron chi connectivity index (χ3n) is 3.72. The van der Waals surface area contributed by atoms with Crippen LogP contribution in [0.2, 0.25) is 0 Å². The number of rotatable bonds is 5. The lowest BCUT2D eigenvalue weighted by molar-refractivity contribution is -0.115. The first-order valence-electron chi connectivity index (χ1n) is 8.37. The maximum absolute atomic E-state index is 12.4. The molecule has 140 valence electrons. The minimum Gasteiger partial charge on any atom is -0.462 e. The van der Waals surface area contributed by atoms with Crippen molar-refractivity contribution in [2.24, 2.45) is 0 Å². The minimum atomic E-state index is -0.419. The van der Waals surface area contributed by atoms with Gasteiger partial charge in [0.15, 0.2) is 5.11 Å². The molecule has 1 aliphatic heterocycles. The Morgan fingerprint density at radius 1 is 1.37 bits per heavy atom. The lowest BCUT2D eigenvalue weighted by Gasteiger charge is -2.09. The van der Waals surface area contributed by atoms with Gasteiger partial charge in [0.2, 0.25) is 5.91 Å². The molecule has 0 saturated carbocycles. The summed E-state index contributed by atoms with van der Waals surface area (Å²) in [6.07, 6.45) is 6.33. The third kappa shape index (κ3) is 4.97. The predicted molar refractivity (Wildman–Crippen MR) is 116 cm³/mol. The molecule has 0 bridgehead atoms. The number of thiophene rings is 1. The monoisotopic (exact) mass is 418 g/mol. The summed E-state index contributed by atoms with van der Waals surface area (Å²) in [5, 5.41) is 9.38. The number of thioether (sulfide) groups is 1. The molecule has 0 radical (unpaired) electrons. The summed E-state index contributed by atoms with van der Waals surface area (Å²) in [5.41, 5.74) is 0.429. The molecule has 0 fully saturated rings. The zero-order valence-electron chi connectivity index (χ0n) is 14.6. The van der Waals surface area contributed by atoms with Crippen LogP contribution in [0.15, 0.2) is 47.9 Å². The lowest BCUT2D eigenvalue weighted by atomic mass is 10.1. The van der Waals surface area contributed by atoms with Gasteiger partial charge in [0.1, 0.15) is 10.6 Å². The molecular formula is C19H18N2O3S3. The maximum Gasteiger partial charge on any atom is 0.341 e. The zero-order chi connectivity index (χ0) is 19.2. The van der Waals surface area contributed by atoms with Crippen LogP contribution in [-0.2, 0) is 9.53 Å². The summed E-state index contributed by atoms with van der Waals surface area (Å²) in [7, 11) is 0. The van der Waals surface area contributed by atoms with Crippen LogP contribution >= 0.6 is 35.3 Å². The highest BCUT2D eigenvalue weighted by Crippen LogP contribution is 2.36. The summed E-state index contributed by atoms with van der Waals surface area (Å²) in [6, 6.07) is 7.55. The highest BCUT2D eigenvalue weighted by atomic mass is 32.2. The fourth-order valence-electron chi connectivity index (χ4n) is 2.55. The Bertz CT molecular complexity index is 925. The molecule has 0 aliphatic carbocycles. The van der Waals surface area contributed by atoms with Crippen molar-refractivity contribution in [1.82, 2.24) is 5.32 Å². The van der Waals surface area contributed by atoms with Gasteiger partial charge in [-0.1, -0.05) is 30.4 Å². The first kappa shape index (κ1) is 19.6.